The van der Waals surface area contributed by atoms with Gasteiger partial charge in [0.05, 0.1) is 11.6 Å². The Balaban J connectivity index is 2.35. The molecule has 2 rings (SSSR count). The summed E-state index contributed by atoms with van der Waals surface area (Å²) in [7, 11) is 1.84. The minimum absolute atomic E-state index is 0.0521. The quantitative estimate of drug-likeness (QED) is 0.834. The molecular formula is C18H30N2O. The Labute approximate surface area is 129 Å². The predicted molar refractivity (Wildman–Crippen MR) is 89.7 cm³/mol. The van der Waals surface area contributed by atoms with Gasteiger partial charge in [-0.25, -0.2) is 0 Å². The highest BCUT2D eigenvalue weighted by molar-refractivity contribution is 5.50. The SMILES string of the molecule is CCCCN(c1ccccc1)C1(CN)CCCCC1OC. The molecule has 3 nitrogen and oxygen atoms in total. The predicted octanol–water partition coefficient (Wildman–Crippen LogP) is 3.58. The second-order valence-corrected chi connectivity index (χ2v) is 6.12. The Bertz CT molecular complexity index is 409. The standard InChI is InChI=1S/C18H30N2O/c1-3-4-14-20(16-10-6-5-7-11-16)18(15-19)13-9-8-12-17(18)21-2/h5-7,10-11,17H,3-4,8-9,12-15,19H2,1-2H3. The van der Waals surface area contributed by atoms with Crippen molar-refractivity contribution in [3.8, 4) is 0 Å². The van der Waals surface area contributed by atoms with Crippen LogP contribution in [0.5, 0.6) is 0 Å². The summed E-state index contributed by atoms with van der Waals surface area (Å²) >= 11 is 0. The summed E-state index contributed by atoms with van der Waals surface area (Å²) in [5.74, 6) is 0. The summed E-state index contributed by atoms with van der Waals surface area (Å²) in [6.45, 7) is 3.95. The zero-order chi connectivity index (χ0) is 15.1. The van der Waals surface area contributed by atoms with Gasteiger partial charge in [-0.2, -0.15) is 0 Å². The van der Waals surface area contributed by atoms with Crippen LogP contribution >= 0.6 is 0 Å². The van der Waals surface area contributed by atoms with Gasteiger partial charge < -0.3 is 15.4 Å². The number of unbranched alkanes of at least 4 members (excludes halogenated alkanes) is 1. The third kappa shape index (κ3) is 3.41. The summed E-state index contributed by atoms with van der Waals surface area (Å²) in [4.78, 5) is 2.53. The monoisotopic (exact) mass is 290 g/mol. The number of rotatable bonds is 7. The molecule has 2 N–H and O–H groups in total. The van der Waals surface area contributed by atoms with Gasteiger partial charge in [-0.3, -0.25) is 0 Å². The molecule has 1 aromatic carbocycles. The van der Waals surface area contributed by atoms with Crippen molar-refractivity contribution in [2.75, 3.05) is 25.1 Å². The smallest absolute Gasteiger partial charge is 0.0815 e. The van der Waals surface area contributed by atoms with Crippen molar-refractivity contribution in [1.82, 2.24) is 0 Å². The van der Waals surface area contributed by atoms with Crippen LogP contribution in [0.4, 0.5) is 5.69 Å². The van der Waals surface area contributed by atoms with Crippen LogP contribution in [0.2, 0.25) is 0 Å². The van der Waals surface area contributed by atoms with Gasteiger partial charge in [-0.05, 0) is 31.4 Å². The van der Waals surface area contributed by atoms with Gasteiger partial charge >= 0.3 is 0 Å². The molecule has 1 aliphatic carbocycles. The number of benzene rings is 1. The van der Waals surface area contributed by atoms with Crippen molar-refractivity contribution in [2.45, 2.75) is 57.1 Å². The summed E-state index contributed by atoms with van der Waals surface area (Å²) in [6.07, 6.45) is 7.34. The van der Waals surface area contributed by atoms with Gasteiger partial charge in [0, 0.05) is 25.9 Å². The molecule has 0 amide bonds. The molecule has 0 aliphatic heterocycles. The molecule has 21 heavy (non-hydrogen) atoms. The zero-order valence-corrected chi connectivity index (χ0v) is 13.6. The normalized spacial score (nSPS) is 25.8. The van der Waals surface area contributed by atoms with E-state index in [-0.39, 0.29) is 11.6 Å². The largest absolute Gasteiger partial charge is 0.379 e. The van der Waals surface area contributed by atoms with E-state index in [1.807, 2.05) is 7.11 Å². The van der Waals surface area contributed by atoms with Crippen LogP contribution in [0.25, 0.3) is 0 Å². The fourth-order valence-electron chi connectivity index (χ4n) is 3.71. The van der Waals surface area contributed by atoms with Crippen LogP contribution in [0.15, 0.2) is 30.3 Å². The van der Waals surface area contributed by atoms with Crippen LogP contribution < -0.4 is 10.6 Å². The molecule has 0 aromatic heterocycles. The Morgan fingerprint density at radius 1 is 1.29 bits per heavy atom. The van der Waals surface area contributed by atoms with Crippen molar-refractivity contribution in [1.29, 1.82) is 0 Å². The molecule has 118 valence electrons. The van der Waals surface area contributed by atoms with E-state index in [2.05, 4.69) is 42.2 Å². The third-order valence-corrected chi connectivity index (χ3v) is 4.90. The molecule has 1 aliphatic rings. The number of nitrogens with two attached hydrogens (primary N) is 1. The van der Waals surface area contributed by atoms with Gasteiger partial charge in [-0.15, -0.1) is 0 Å². The van der Waals surface area contributed by atoms with Crippen LogP contribution in [-0.4, -0.2) is 31.8 Å². The minimum atomic E-state index is -0.0521. The lowest BCUT2D eigenvalue weighted by atomic mass is 9.77. The van der Waals surface area contributed by atoms with E-state index in [4.69, 9.17) is 10.5 Å². The molecule has 2 unspecified atom stereocenters. The van der Waals surface area contributed by atoms with Gasteiger partial charge in [0.1, 0.15) is 0 Å². The lowest BCUT2D eigenvalue weighted by molar-refractivity contribution is 0.00544. The Morgan fingerprint density at radius 3 is 2.67 bits per heavy atom. The number of para-hydroxylation sites is 1. The second kappa shape index (κ2) is 7.81. The fraction of sp³-hybridized carbons (Fsp3) is 0.667. The number of ether oxygens (including phenoxy) is 1. The number of hydrogen-bond acceptors (Lipinski definition) is 3. The molecule has 0 heterocycles. The topological polar surface area (TPSA) is 38.5 Å². The highest BCUT2D eigenvalue weighted by Crippen LogP contribution is 2.38. The number of anilines is 1. The van der Waals surface area contributed by atoms with E-state index in [0.29, 0.717) is 6.54 Å². The summed E-state index contributed by atoms with van der Waals surface area (Å²) < 4.78 is 5.86. The summed E-state index contributed by atoms with van der Waals surface area (Å²) in [5.41, 5.74) is 7.52. The molecule has 0 spiro atoms. The molecule has 3 heteroatoms. The maximum absolute atomic E-state index is 6.29. The summed E-state index contributed by atoms with van der Waals surface area (Å²) in [5, 5.41) is 0. The first-order valence-corrected chi connectivity index (χ1v) is 8.34. The average molecular weight is 290 g/mol. The van der Waals surface area contributed by atoms with Gasteiger partial charge in [0.15, 0.2) is 0 Å². The first kappa shape index (κ1) is 16.3. The Hall–Kier alpha value is -1.06. The van der Waals surface area contributed by atoms with Gasteiger partial charge in [0.25, 0.3) is 0 Å². The maximum Gasteiger partial charge on any atom is 0.0815 e. The highest BCUT2D eigenvalue weighted by Gasteiger charge is 2.44. The molecule has 1 fully saturated rings. The van der Waals surface area contributed by atoms with E-state index >= 15 is 0 Å². The van der Waals surface area contributed by atoms with Crippen molar-refractivity contribution in [3.05, 3.63) is 30.3 Å². The van der Waals surface area contributed by atoms with E-state index in [0.717, 1.165) is 19.4 Å². The highest BCUT2D eigenvalue weighted by atomic mass is 16.5. The molecule has 0 saturated heterocycles. The van der Waals surface area contributed by atoms with Crippen LogP contribution in [-0.2, 0) is 4.74 Å². The van der Waals surface area contributed by atoms with Crippen molar-refractivity contribution >= 4 is 5.69 Å². The van der Waals surface area contributed by atoms with Crippen LogP contribution in [0, 0.1) is 0 Å². The molecule has 1 aromatic rings. The maximum atomic E-state index is 6.29. The van der Waals surface area contributed by atoms with Crippen molar-refractivity contribution < 1.29 is 4.74 Å². The lowest BCUT2D eigenvalue weighted by Gasteiger charge is -2.51. The lowest BCUT2D eigenvalue weighted by Crippen LogP contribution is -2.63. The van der Waals surface area contributed by atoms with Crippen molar-refractivity contribution in [2.24, 2.45) is 5.73 Å². The van der Waals surface area contributed by atoms with Gasteiger partial charge in [-0.1, -0.05) is 44.4 Å². The molecule has 2 atom stereocenters. The average Bonchev–Trinajstić information content (AvgIpc) is 2.56. The fourth-order valence-corrected chi connectivity index (χ4v) is 3.71. The Morgan fingerprint density at radius 2 is 2.05 bits per heavy atom. The Kier molecular flexibility index (Phi) is 6.07. The number of hydrogen-bond donors (Lipinski definition) is 1. The van der Waals surface area contributed by atoms with Crippen LogP contribution in [0.3, 0.4) is 0 Å². The number of methoxy groups -OCH3 is 1. The first-order valence-electron chi connectivity index (χ1n) is 8.34. The molecule has 1 saturated carbocycles. The number of nitrogens with zero attached hydrogens (tertiary/aromatic N) is 1. The van der Waals surface area contributed by atoms with Crippen molar-refractivity contribution in [3.63, 3.8) is 0 Å². The van der Waals surface area contributed by atoms with E-state index in [1.54, 1.807) is 0 Å². The third-order valence-electron chi connectivity index (χ3n) is 4.90. The zero-order valence-electron chi connectivity index (χ0n) is 13.6. The minimum Gasteiger partial charge on any atom is -0.379 e. The summed E-state index contributed by atoms with van der Waals surface area (Å²) in [6, 6.07) is 10.7. The van der Waals surface area contributed by atoms with Crippen LogP contribution in [0.1, 0.15) is 45.4 Å². The second-order valence-electron chi connectivity index (χ2n) is 6.12. The van der Waals surface area contributed by atoms with E-state index < -0.39 is 0 Å². The molecular weight excluding hydrogens is 260 g/mol. The first-order chi connectivity index (χ1) is 10.3. The van der Waals surface area contributed by atoms with E-state index in [9.17, 15) is 0 Å². The molecule has 0 radical (unpaired) electrons. The molecule has 0 bridgehead atoms. The van der Waals surface area contributed by atoms with Gasteiger partial charge in [0.2, 0.25) is 0 Å². The van der Waals surface area contributed by atoms with E-state index in [1.165, 1.54) is 31.4 Å².